The molecule has 0 bridgehead atoms. The van der Waals surface area contributed by atoms with Gasteiger partial charge >= 0.3 is 0 Å². The minimum Gasteiger partial charge on any atom is -0.457 e. The molecule has 3 heterocycles. The van der Waals surface area contributed by atoms with E-state index in [-0.39, 0.29) is 29.9 Å². The van der Waals surface area contributed by atoms with Crippen LogP contribution in [0.15, 0.2) is 24.3 Å². The third-order valence-electron chi connectivity index (χ3n) is 6.06. The number of nitrogen functional groups attached to an aromatic ring is 1. The Kier molecular flexibility index (Phi) is 3.65. The minimum atomic E-state index is -0.232. The number of halogens is 1. The van der Waals surface area contributed by atoms with Crippen molar-refractivity contribution in [3.05, 3.63) is 52.5 Å². The average molecular weight is 354 g/mol. The monoisotopic (exact) mass is 354 g/mol. The highest BCUT2D eigenvalue weighted by atomic mass is 19.1. The average Bonchev–Trinajstić information content (AvgIpc) is 3.02. The molecule has 3 aliphatic rings. The number of hydrogen-bond acceptors (Lipinski definition) is 5. The maximum atomic E-state index is 13.5. The van der Waals surface area contributed by atoms with Crippen molar-refractivity contribution in [1.29, 1.82) is 0 Å². The van der Waals surface area contributed by atoms with Gasteiger partial charge in [0.15, 0.2) is 6.23 Å². The van der Waals surface area contributed by atoms with Crippen LogP contribution in [-0.4, -0.2) is 17.3 Å². The molecule has 136 valence electrons. The van der Waals surface area contributed by atoms with Gasteiger partial charge in [0, 0.05) is 34.8 Å². The molecule has 1 aliphatic carbocycles. The Labute approximate surface area is 152 Å². The molecule has 1 fully saturated rings. The Balaban J connectivity index is 1.72. The predicted octanol–water partition coefficient (Wildman–Crippen LogP) is 2.64. The molecule has 0 amide bonds. The summed E-state index contributed by atoms with van der Waals surface area (Å²) < 4.78 is 19.7. The number of hydrogen-bond donors (Lipinski definition) is 3. The standard InChI is InChI=1S/C20H23FN4O/c1-10-15-16(11-6-8-12(21)9-7-11)17-18(22)13-4-2-3-5-14(13)23-19(17)26-20(15)25-24-10/h6-10,15-16,20,24-25H,2-5H2,1H3,(H2,22,23). The van der Waals surface area contributed by atoms with E-state index in [9.17, 15) is 4.39 Å². The van der Waals surface area contributed by atoms with E-state index in [0.717, 1.165) is 48.2 Å². The van der Waals surface area contributed by atoms with Crippen LogP contribution in [0.2, 0.25) is 0 Å². The number of rotatable bonds is 1. The van der Waals surface area contributed by atoms with Gasteiger partial charge in [-0.05, 0) is 55.9 Å². The smallest absolute Gasteiger partial charge is 0.221 e. The quantitative estimate of drug-likeness (QED) is 0.734. The Morgan fingerprint density at radius 1 is 1.15 bits per heavy atom. The van der Waals surface area contributed by atoms with Crippen molar-refractivity contribution in [2.45, 2.75) is 50.8 Å². The van der Waals surface area contributed by atoms with Gasteiger partial charge in [-0.2, -0.15) is 0 Å². The van der Waals surface area contributed by atoms with Crippen LogP contribution in [0, 0.1) is 11.7 Å². The van der Waals surface area contributed by atoms with Crippen molar-refractivity contribution in [3.63, 3.8) is 0 Å². The summed E-state index contributed by atoms with van der Waals surface area (Å²) in [4.78, 5) is 4.85. The molecule has 26 heavy (non-hydrogen) atoms. The fourth-order valence-electron chi connectivity index (χ4n) is 4.77. The van der Waals surface area contributed by atoms with E-state index in [0.29, 0.717) is 5.88 Å². The summed E-state index contributed by atoms with van der Waals surface area (Å²) in [5.74, 6) is 0.562. The van der Waals surface area contributed by atoms with Gasteiger partial charge in [0.05, 0.1) is 0 Å². The van der Waals surface area contributed by atoms with Gasteiger partial charge in [0.2, 0.25) is 5.88 Å². The summed E-state index contributed by atoms with van der Waals surface area (Å²) in [5, 5.41) is 0. The van der Waals surface area contributed by atoms with Gasteiger partial charge in [-0.3, -0.25) is 5.43 Å². The molecule has 0 saturated carbocycles. The van der Waals surface area contributed by atoms with Crippen LogP contribution in [0.5, 0.6) is 5.88 Å². The zero-order chi connectivity index (χ0) is 17.8. The molecular formula is C20H23FN4O. The van der Waals surface area contributed by atoms with Crippen LogP contribution in [0.1, 0.15) is 48.1 Å². The first-order valence-corrected chi connectivity index (χ1v) is 9.38. The van der Waals surface area contributed by atoms with Crippen molar-refractivity contribution in [2.75, 3.05) is 5.73 Å². The number of anilines is 1. The molecule has 5 rings (SSSR count). The number of nitrogens with two attached hydrogens (primary N) is 1. The second-order valence-corrected chi connectivity index (χ2v) is 7.60. The van der Waals surface area contributed by atoms with E-state index >= 15 is 0 Å². The van der Waals surface area contributed by atoms with Crippen molar-refractivity contribution in [1.82, 2.24) is 15.8 Å². The first-order valence-electron chi connectivity index (χ1n) is 9.38. The highest BCUT2D eigenvalue weighted by molar-refractivity contribution is 5.64. The molecule has 4 unspecified atom stereocenters. The van der Waals surface area contributed by atoms with E-state index < -0.39 is 0 Å². The van der Waals surface area contributed by atoms with Crippen LogP contribution in [0.4, 0.5) is 10.1 Å². The van der Waals surface area contributed by atoms with E-state index in [1.54, 1.807) is 0 Å². The third-order valence-corrected chi connectivity index (χ3v) is 6.06. The van der Waals surface area contributed by atoms with Gasteiger partial charge < -0.3 is 10.5 Å². The molecule has 1 saturated heterocycles. The predicted molar refractivity (Wildman–Crippen MR) is 97.2 cm³/mol. The van der Waals surface area contributed by atoms with Gasteiger partial charge in [0.1, 0.15) is 5.82 Å². The highest BCUT2D eigenvalue weighted by Crippen LogP contribution is 2.49. The zero-order valence-corrected chi connectivity index (χ0v) is 14.8. The molecule has 1 aromatic heterocycles. The van der Waals surface area contributed by atoms with Crippen LogP contribution in [0.25, 0.3) is 0 Å². The topological polar surface area (TPSA) is 72.2 Å². The second kappa shape index (κ2) is 5.93. The second-order valence-electron chi connectivity index (χ2n) is 7.60. The summed E-state index contributed by atoms with van der Waals surface area (Å²) >= 11 is 0. The summed E-state index contributed by atoms with van der Waals surface area (Å²) in [7, 11) is 0. The number of hydrazine groups is 1. The molecule has 4 atom stereocenters. The number of benzene rings is 1. The lowest BCUT2D eigenvalue weighted by atomic mass is 9.74. The fraction of sp³-hybridized carbons (Fsp3) is 0.450. The summed E-state index contributed by atoms with van der Waals surface area (Å²) in [6.45, 7) is 2.13. The number of fused-ring (bicyclic) bond motifs is 3. The summed E-state index contributed by atoms with van der Waals surface area (Å²) in [6, 6.07) is 6.94. The zero-order valence-electron chi connectivity index (χ0n) is 14.8. The number of nitrogens with zero attached hydrogens (tertiary/aromatic N) is 1. The summed E-state index contributed by atoms with van der Waals surface area (Å²) in [5.41, 5.74) is 18.3. The van der Waals surface area contributed by atoms with Gasteiger partial charge in [0.25, 0.3) is 0 Å². The molecule has 0 radical (unpaired) electrons. The number of nitrogens with one attached hydrogen (secondary N) is 2. The Morgan fingerprint density at radius 3 is 2.73 bits per heavy atom. The van der Waals surface area contributed by atoms with Gasteiger partial charge in [-0.1, -0.05) is 12.1 Å². The van der Waals surface area contributed by atoms with E-state index in [1.807, 2.05) is 12.1 Å². The highest BCUT2D eigenvalue weighted by Gasteiger charge is 2.48. The normalized spacial score (nSPS) is 29.5. The molecule has 6 heteroatoms. The van der Waals surface area contributed by atoms with Crippen LogP contribution in [-0.2, 0) is 12.8 Å². The summed E-state index contributed by atoms with van der Waals surface area (Å²) in [6.07, 6.45) is 4.03. The van der Waals surface area contributed by atoms with Crippen molar-refractivity contribution in [2.24, 2.45) is 5.92 Å². The van der Waals surface area contributed by atoms with E-state index in [4.69, 9.17) is 15.5 Å². The fourth-order valence-corrected chi connectivity index (χ4v) is 4.77. The molecular weight excluding hydrogens is 331 g/mol. The van der Waals surface area contributed by atoms with Crippen LogP contribution in [0.3, 0.4) is 0 Å². The minimum absolute atomic E-state index is 0.0153. The SMILES string of the molecule is CC1NNC2Oc3nc4c(c(N)c3C(c3ccc(F)cc3)C12)CCCC4. The van der Waals surface area contributed by atoms with Crippen molar-refractivity contribution >= 4 is 5.69 Å². The van der Waals surface area contributed by atoms with Crippen molar-refractivity contribution in [3.8, 4) is 5.88 Å². The van der Waals surface area contributed by atoms with Crippen LogP contribution < -0.4 is 21.3 Å². The largest absolute Gasteiger partial charge is 0.457 e. The van der Waals surface area contributed by atoms with Crippen molar-refractivity contribution < 1.29 is 9.13 Å². The Bertz CT molecular complexity index is 854. The maximum Gasteiger partial charge on any atom is 0.221 e. The Hall–Kier alpha value is -2.18. The van der Waals surface area contributed by atoms with E-state index in [2.05, 4.69) is 17.8 Å². The molecule has 5 nitrogen and oxygen atoms in total. The number of pyridine rings is 1. The lowest BCUT2D eigenvalue weighted by molar-refractivity contribution is 0.0967. The van der Waals surface area contributed by atoms with Gasteiger partial charge in [-0.25, -0.2) is 14.8 Å². The molecule has 2 aromatic rings. The number of aryl methyl sites for hydroxylation is 1. The maximum absolute atomic E-state index is 13.5. The first-order chi connectivity index (χ1) is 12.6. The van der Waals surface area contributed by atoms with E-state index in [1.165, 1.54) is 17.7 Å². The lowest BCUT2D eigenvalue weighted by Gasteiger charge is -2.38. The first kappa shape index (κ1) is 16.0. The molecule has 0 spiro atoms. The Morgan fingerprint density at radius 2 is 1.92 bits per heavy atom. The number of ether oxygens (including phenoxy) is 1. The molecule has 1 aromatic carbocycles. The third kappa shape index (κ3) is 2.32. The van der Waals surface area contributed by atoms with Crippen LogP contribution >= 0.6 is 0 Å². The number of aromatic nitrogens is 1. The molecule has 4 N–H and O–H groups in total. The lowest BCUT2D eigenvalue weighted by Crippen LogP contribution is -2.42. The van der Waals surface area contributed by atoms with Gasteiger partial charge in [-0.15, -0.1) is 0 Å². The molecule has 2 aliphatic heterocycles.